The topological polar surface area (TPSA) is 164 Å². The number of hydrogen-bond donors (Lipinski definition) is 4. The Balaban J connectivity index is 1.58. The number of nitrogens with zero attached hydrogens (tertiary/aromatic N) is 6. The molecule has 1 saturated carbocycles. The predicted octanol–water partition coefficient (Wildman–Crippen LogP) is 0.684. The highest BCUT2D eigenvalue weighted by Gasteiger charge is 2.44. The normalized spacial score (nSPS) is 29.2. The molecule has 4 atom stereocenters. The number of rotatable bonds is 5. The van der Waals surface area contributed by atoms with Crippen LogP contribution >= 0.6 is 0 Å². The van der Waals surface area contributed by atoms with Crippen LogP contribution in [-0.2, 0) is 4.74 Å². The van der Waals surface area contributed by atoms with Crippen molar-refractivity contribution in [1.82, 2.24) is 19.5 Å². The number of aromatic nitrogens is 4. The van der Waals surface area contributed by atoms with E-state index in [9.17, 15) is 15.3 Å². The molecular formula is C17H25N7O4. The molecule has 152 valence electrons. The second kappa shape index (κ2) is 8.03. The van der Waals surface area contributed by atoms with Crippen molar-refractivity contribution in [3.63, 3.8) is 0 Å². The van der Waals surface area contributed by atoms with E-state index in [1.54, 1.807) is 0 Å². The van der Waals surface area contributed by atoms with Gasteiger partial charge in [0.15, 0.2) is 17.7 Å². The van der Waals surface area contributed by atoms with Gasteiger partial charge in [-0.2, -0.15) is 15.1 Å². The molecule has 1 saturated heterocycles. The van der Waals surface area contributed by atoms with Crippen LogP contribution in [0.3, 0.4) is 0 Å². The Kier molecular flexibility index (Phi) is 5.49. The van der Waals surface area contributed by atoms with Crippen molar-refractivity contribution in [2.45, 2.75) is 56.6 Å². The van der Waals surface area contributed by atoms with Crippen molar-refractivity contribution in [1.29, 1.82) is 0 Å². The number of hydrogen-bond acceptors (Lipinski definition) is 10. The van der Waals surface area contributed by atoms with Crippen molar-refractivity contribution in [3.05, 3.63) is 6.33 Å². The SMILES string of the molecule is Nc1nc(N=NCC2CCCCC2)nc2c1ncn2C1OC(CO)C(O)C1O. The van der Waals surface area contributed by atoms with Crippen molar-refractivity contribution < 1.29 is 20.1 Å². The van der Waals surface area contributed by atoms with E-state index in [1.165, 1.54) is 43.0 Å². The Morgan fingerprint density at radius 3 is 2.68 bits per heavy atom. The fourth-order valence-corrected chi connectivity index (χ4v) is 3.86. The maximum absolute atomic E-state index is 10.3. The second-order valence-electron chi connectivity index (χ2n) is 7.39. The minimum Gasteiger partial charge on any atom is -0.394 e. The minimum atomic E-state index is -1.25. The first-order valence-corrected chi connectivity index (χ1v) is 9.58. The number of anilines is 1. The predicted molar refractivity (Wildman–Crippen MR) is 98.7 cm³/mol. The summed E-state index contributed by atoms with van der Waals surface area (Å²) in [6.45, 7) is 0.217. The smallest absolute Gasteiger partial charge is 0.272 e. The first-order chi connectivity index (χ1) is 13.6. The molecule has 1 aliphatic heterocycles. The molecule has 11 heteroatoms. The number of fused-ring (bicyclic) bond motifs is 1. The zero-order valence-corrected chi connectivity index (χ0v) is 15.4. The molecule has 0 spiro atoms. The van der Waals surface area contributed by atoms with E-state index in [2.05, 4.69) is 25.2 Å². The number of imidazole rings is 1. The van der Waals surface area contributed by atoms with Crippen LogP contribution in [0.2, 0.25) is 0 Å². The summed E-state index contributed by atoms with van der Waals surface area (Å²) >= 11 is 0. The number of aliphatic hydroxyl groups excluding tert-OH is 3. The van der Waals surface area contributed by atoms with Gasteiger partial charge in [0.05, 0.1) is 19.5 Å². The summed E-state index contributed by atoms with van der Waals surface area (Å²) < 4.78 is 7.00. The summed E-state index contributed by atoms with van der Waals surface area (Å²) in [5, 5.41) is 37.9. The van der Waals surface area contributed by atoms with Gasteiger partial charge in [0, 0.05) is 0 Å². The van der Waals surface area contributed by atoms with E-state index >= 15 is 0 Å². The zero-order chi connectivity index (χ0) is 19.7. The maximum atomic E-state index is 10.3. The summed E-state index contributed by atoms with van der Waals surface area (Å²) in [6.07, 6.45) is 3.16. The van der Waals surface area contributed by atoms with Crippen molar-refractivity contribution in [3.8, 4) is 0 Å². The van der Waals surface area contributed by atoms with E-state index in [-0.39, 0.29) is 11.8 Å². The average molecular weight is 391 g/mol. The fourth-order valence-electron chi connectivity index (χ4n) is 3.86. The molecule has 11 nitrogen and oxygen atoms in total. The van der Waals surface area contributed by atoms with Crippen molar-refractivity contribution in [2.75, 3.05) is 18.9 Å². The third-order valence-electron chi connectivity index (χ3n) is 5.45. The highest BCUT2D eigenvalue weighted by molar-refractivity contribution is 5.82. The molecule has 2 aromatic heterocycles. The molecule has 3 heterocycles. The molecule has 0 amide bonds. The number of azo groups is 1. The monoisotopic (exact) mass is 391 g/mol. The van der Waals surface area contributed by atoms with E-state index in [0.29, 0.717) is 23.6 Å². The van der Waals surface area contributed by atoms with E-state index < -0.39 is 31.1 Å². The summed E-state index contributed by atoms with van der Waals surface area (Å²) in [4.78, 5) is 12.6. The molecule has 4 rings (SSSR count). The Bertz CT molecular complexity index is 851. The molecule has 0 aromatic carbocycles. The van der Waals surface area contributed by atoms with Crippen molar-refractivity contribution >= 4 is 22.9 Å². The first-order valence-electron chi connectivity index (χ1n) is 9.58. The minimum absolute atomic E-state index is 0.106. The van der Waals surface area contributed by atoms with Gasteiger partial charge in [-0.25, -0.2) is 4.98 Å². The fraction of sp³-hybridized carbons (Fsp3) is 0.706. The lowest BCUT2D eigenvalue weighted by Crippen LogP contribution is -2.33. The highest BCUT2D eigenvalue weighted by atomic mass is 16.6. The Morgan fingerprint density at radius 1 is 1.18 bits per heavy atom. The Labute approximate surface area is 161 Å². The number of ether oxygens (including phenoxy) is 1. The lowest BCUT2D eigenvalue weighted by Gasteiger charge is -2.18. The van der Waals surface area contributed by atoms with Gasteiger partial charge in [-0.3, -0.25) is 4.57 Å². The van der Waals surface area contributed by atoms with Crippen molar-refractivity contribution in [2.24, 2.45) is 16.1 Å². The third-order valence-corrected chi connectivity index (χ3v) is 5.45. The molecular weight excluding hydrogens is 366 g/mol. The molecule has 5 N–H and O–H groups in total. The quantitative estimate of drug-likeness (QED) is 0.540. The molecule has 2 fully saturated rings. The molecule has 0 bridgehead atoms. The lowest BCUT2D eigenvalue weighted by molar-refractivity contribution is -0.0511. The summed E-state index contributed by atoms with van der Waals surface area (Å²) in [5.41, 5.74) is 6.63. The Morgan fingerprint density at radius 2 is 1.96 bits per heavy atom. The van der Waals surface area contributed by atoms with Gasteiger partial charge in [-0.05, 0) is 18.8 Å². The highest BCUT2D eigenvalue weighted by Crippen LogP contribution is 2.32. The van der Waals surface area contributed by atoms with Crippen LogP contribution in [0.15, 0.2) is 16.6 Å². The van der Waals surface area contributed by atoms with Crippen LogP contribution in [0, 0.1) is 5.92 Å². The van der Waals surface area contributed by atoms with E-state index in [4.69, 9.17) is 10.5 Å². The lowest BCUT2D eigenvalue weighted by atomic mass is 9.89. The van der Waals surface area contributed by atoms with Gasteiger partial charge in [-0.1, -0.05) is 19.3 Å². The molecule has 28 heavy (non-hydrogen) atoms. The summed E-state index contributed by atoms with van der Waals surface area (Å²) in [5.74, 6) is 0.791. The maximum Gasteiger partial charge on any atom is 0.272 e. The van der Waals surface area contributed by atoms with Gasteiger partial charge >= 0.3 is 0 Å². The van der Waals surface area contributed by atoms with E-state index in [1.807, 2.05) is 0 Å². The number of nitrogens with two attached hydrogens (primary N) is 1. The van der Waals surface area contributed by atoms with Gasteiger partial charge < -0.3 is 25.8 Å². The van der Waals surface area contributed by atoms with Crippen LogP contribution in [0.25, 0.3) is 11.2 Å². The van der Waals surface area contributed by atoms with Crippen LogP contribution in [0.5, 0.6) is 0 Å². The van der Waals surface area contributed by atoms with Gasteiger partial charge in [0.2, 0.25) is 0 Å². The van der Waals surface area contributed by atoms with E-state index in [0.717, 1.165) is 0 Å². The third kappa shape index (κ3) is 3.58. The summed E-state index contributed by atoms with van der Waals surface area (Å²) in [7, 11) is 0. The molecule has 2 aromatic rings. The average Bonchev–Trinajstić information content (AvgIpc) is 3.24. The molecule has 2 aliphatic rings. The number of nitrogen functional groups attached to an aromatic ring is 1. The van der Waals surface area contributed by atoms with Gasteiger partial charge in [0.1, 0.15) is 23.8 Å². The van der Waals surface area contributed by atoms with Crippen LogP contribution in [0.4, 0.5) is 11.8 Å². The molecule has 0 radical (unpaired) electrons. The van der Waals surface area contributed by atoms with Crippen LogP contribution < -0.4 is 5.73 Å². The van der Waals surface area contributed by atoms with Crippen LogP contribution in [0.1, 0.15) is 38.3 Å². The Hall–Kier alpha value is -2.21. The van der Waals surface area contributed by atoms with Gasteiger partial charge in [0.25, 0.3) is 5.95 Å². The second-order valence-corrected chi connectivity index (χ2v) is 7.39. The zero-order valence-electron chi connectivity index (χ0n) is 15.4. The largest absolute Gasteiger partial charge is 0.394 e. The first kappa shape index (κ1) is 19.1. The summed E-state index contributed by atoms with van der Waals surface area (Å²) in [6, 6.07) is 0. The molecule has 4 unspecified atom stereocenters. The van der Waals surface area contributed by atoms with Crippen LogP contribution in [-0.4, -0.2) is 66.3 Å². The standard InChI is InChI=1S/C17H25N7O4/c18-14-11-15(22-17(21-14)23-20-6-9-4-2-1-3-5-9)24(8-19-11)16-13(27)12(26)10(7-25)28-16/h8-10,12-13,16,25-27H,1-7H2,(H2,18,21,22). The number of aliphatic hydroxyl groups is 3. The molecule has 1 aliphatic carbocycles. The van der Waals surface area contributed by atoms with Gasteiger partial charge in [-0.15, -0.1) is 5.11 Å².